The van der Waals surface area contributed by atoms with Crippen LogP contribution in [-0.2, 0) is 4.79 Å². The Kier molecular flexibility index (Phi) is 8.03. The molecule has 156 valence electrons. The molecule has 0 atom stereocenters. The lowest BCUT2D eigenvalue weighted by Crippen LogP contribution is -2.41. The van der Waals surface area contributed by atoms with Crippen LogP contribution in [0.1, 0.15) is 57.4 Å². The van der Waals surface area contributed by atoms with E-state index in [-0.39, 0.29) is 11.8 Å². The lowest BCUT2D eigenvalue weighted by molar-refractivity contribution is -0.125. The first kappa shape index (κ1) is 21.3. The van der Waals surface area contributed by atoms with Crippen LogP contribution >= 0.6 is 0 Å². The van der Waals surface area contributed by atoms with Gasteiger partial charge in [0.05, 0.1) is 0 Å². The van der Waals surface area contributed by atoms with Gasteiger partial charge in [0, 0.05) is 43.5 Å². The van der Waals surface area contributed by atoms with Gasteiger partial charge in [0.1, 0.15) is 0 Å². The van der Waals surface area contributed by atoms with Gasteiger partial charge >= 0.3 is 0 Å². The van der Waals surface area contributed by atoms with Crippen molar-refractivity contribution in [3.63, 3.8) is 0 Å². The highest BCUT2D eigenvalue weighted by Crippen LogP contribution is 2.23. The van der Waals surface area contributed by atoms with Crippen molar-refractivity contribution in [1.82, 2.24) is 15.3 Å². The summed E-state index contributed by atoms with van der Waals surface area (Å²) in [5.74, 6) is 1.10. The molecule has 1 aliphatic heterocycles. The van der Waals surface area contributed by atoms with Gasteiger partial charge in [0.25, 0.3) is 0 Å². The fourth-order valence-electron chi connectivity index (χ4n) is 3.88. The Bertz CT molecular complexity index is 767. The van der Waals surface area contributed by atoms with Crippen molar-refractivity contribution in [2.75, 3.05) is 24.5 Å². The lowest BCUT2D eigenvalue weighted by atomic mass is 9.96. The SMILES string of the molecule is CCCCCCCNC(=O)C1CCN(c2ncc(-c3cccc(C)c3)cn2)CC1. The highest BCUT2D eigenvalue weighted by atomic mass is 16.1. The molecule has 0 spiro atoms. The summed E-state index contributed by atoms with van der Waals surface area (Å²) in [5.41, 5.74) is 3.40. The number of unbranched alkanes of at least 4 members (excludes halogenated alkanes) is 4. The number of amides is 1. The first-order valence-corrected chi connectivity index (χ1v) is 11.1. The van der Waals surface area contributed by atoms with Crippen molar-refractivity contribution in [2.24, 2.45) is 5.92 Å². The summed E-state index contributed by atoms with van der Waals surface area (Å²) in [5, 5.41) is 3.13. The van der Waals surface area contributed by atoms with Crippen LogP contribution in [-0.4, -0.2) is 35.5 Å². The van der Waals surface area contributed by atoms with E-state index >= 15 is 0 Å². The van der Waals surface area contributed by atoms with Crippen LogP contribution in [0.25, 0.3) is 11.1 Å². The molecule has 29 heavy (non-hydrogen) atoms. The number of carbonyl (C=O) groups excluding carboxylic acids is 1. The van der Waals surface area contributed by atoms with Crippen molar-refractivity contribution in [1.29, 1.82) is 0 Å². The molecule has 1 fully saturated rings. The zero-order chi connectivity index (χ0) is 20.5. The van der Waals surface area contributed by atoms with Gasteiger partial charge in [0.15, 0.2) is 0 Å². The van der Waals surface area contributed by atoms with Gasteiger partial charge in [-0.05, 0) is 31.7 Å². The molecular formula is C24H34N4O. The van der Waals surface area contributed by atoms with Crippen LogP contribution in [0.2, 0.25) is 0 Å². The Morgan fingerprint density at radius 1 is 1.07 bits per heavy atom. The molecule has 1 aromatic carbocycles. The highest BCUT2D eigenvalue weighted by Gasteiger charge is 2.25. The summed E-state index contributed by atoms with van der Waals surface area (Å²) in [7, 11) is 0. The van der Waals surface area contributed by atoms with Crippen molar-refractivity contribution >= 4 is 11.9 Å². The number of anilines is 1. The van der Waals surface area contributed by atoms with Crippen molar-refractivity contribution < 1.29 is 4.79 Å². The predicted octanol–water partition coefficient (Wildman–Crippen LogP) is 4.76. The molecule has 1 amide bonds. The molecule has 1 aromatic heterocycles. The average Bonchev–Trinajstić information content (AvgIpc) is 2.76. The van der Waals surface area contributed by atoms with Crippen molar-refractivity contribution in [3.8, 4) is 11.1 Å². The van der Waals surface area contributed by atoms with Crippen LogP contribution in [0.5, 0.6) is 0 Å². The molecule has 1 aliphatic rings. The normalized spacial score (nSPS) is 14.8. The van der Waals surface area contributed by atoms with E-state index in [1.54, 1.807) is 0 Å². The molecule has 1 N–H and O–H groups in total. The Morgan fingerprint density at radius 3 is 2.48 bits per heavy atom. The van der Waals surface area contributed by atoms with Crippen LogP contribution in [0, 0.1) is 12.8 Å². The number of hydrogen-bond donors (Lipinski definition) is 1. The quantitative estimate of drug-likeness (QED) is 0.623. The van der Waals surface area contributed by atoms with E-state index in [0.717, 1.165) is 56.0 Å². The fraction of sp³-hybridized carbons (Fsp3) is 0.542. The number of piperidine rings is 1. The van der Waals surface area contributed by atoms with Gasteiger partial charge in [-0.3, -0.25) is 4.79 Å². The molecular weight excluding hydrogens is 360 g/mol. The van der Waals surface area contributed by atoms with Gasteiger partial charge < -0.3 is 10.2 Å². The van der Waals surface area contributed by atoms with E-state index in [4.69, 9.17) is 0 Å². The topological polar surface area (TPSA) is 58.1 Å². The van der Waals surface area contributed by atoms with Gasteiger partial charge in [-0.15, -0.1) is 0 Å². The molecule has 2 aromatic rings. The fourth-order valence-corrected chi connectivity index (χ4v) is 3.88. The number of carbonyl (C=O) groups is 1. The van der Waals surface area contributed by atoms with Crippen LogP contribution in [0.15, 0.2) is 36.7 Å². The zero-order valence-corrected chi connectivity index (χ0v) is 17.9. The largest absolute Gasteiger partial charge is 0.356 e. The van der Waals surface area contributed by atoms with E-state index in [2.05, 4.69) is 58.3 Å². The summed E-state index contributed by atoms with van der Waals surface area (Å²) >= 11 is 0. The van der Waals surface area contributed by atoms with Crippen LogP contribution in [0.4, 0.5) is 5.95 Å². The van der Waals surface area contributed by atoms with Crippen molar-refractivity contribution in [2.45, 2.75) is 58.8 Å². The zero-order valence-electron chi connectivity index (χ0n) is 17.9. The second kappa shape index (κ2) is 10.9. The standard InChI is InChI=1S/C24H34N4O/c1-3-4-5-6-7-13-25-23(29)20-11-14-28(15-12-20)24-26-17-22(18-27-24)21-10-8-9-19(2)16-21/h8-10,16-18,20H,3-7,11-15H2,1-2H3,(H,25,29). The molecule has 0 bridgehead atoms. The van der Waals surface area contributed by atoms with Crippen LogP contribution in [0.3, 0.4) is 0 Å². The summed E-state index contributed by atoms with van der Waals surface area (Å²) in [6, 6.07) is 8.37. The maximum absolute atomic E-state index is 12.4. The molecule has 0 aliphatic carbocycles. The maximum Gasteiger partial charge on any atom is 0.225 e. The molecule has 5 nitrogen and oxygen atoms in total. The Morgan fingerprint density at radius 2 is 1.79 bits per heavy atom. The summed E-state index contributed by atoms with van der Waals surface area (Å²) in [6.45, 7) is 6.78. The van der Waals surface area contributed by atoms with E-state index in [0.29, 0.717) is 0 Å². The third kappa shape index (κ3) is 6.28. The molecule has 0 saturated carbocycles. The lowest BCUT2D eigenvalue weighted by Gasteiger charge is -2.31. The molecule has 0 unspecified atom stereocenters. The van der Waals surface area contributed by atoms with Gasteiger partial charge in [-0.25, -0.2) is 9.97 Å². The van der Waals surface area contributed by atoms with E-state index in [9.17, 15) is 4.79 Å². The molecule has 3 rings (SSSR count). The Balaban J connectivity index is 1.44. The highest BCUT2D eigenvalue weighted by molar-refractivity contribution is 5.78. The number of benzene rings is 1. The molecule has 0 radical (unpaired) electrons. The second-order valence-electron chi connectivity index (χ2n) is 8.11. The number of rotatable bonds is 9. The Labute approximate surface area is 175 Å². The third-order valence-corrected chi connectivity index (χ3v) is 5.72. The number of hydrogen-bond acceptors (Lipinski definition) is 4. The van der Waals surface area contributed by atoms with Gasteiger partial charge in [-0.2, -0.15) is 0 Å². The minimum Gasteiger partial charge on any atom is -0.356 e. The summed E-state index contributed by atoms with van der Waals surface area (Å²) < 4.78 is 0. The third-order valence-electron chi connectivity index (χ3n) is 5.72. The summed E-state index contributed by atoms with van der Waals surface area (Å²) in [4.78, 5) is 23.7. The number of nitrogens with zero attached hydrogens (tertiary/aromatic N) is 3. The summed E-state index contributed by atoms with van der Waals surface area (Å²) in [6.07, 6.45) is 11.6. The van der Waals surface area contributed by atoms with Crippen molar-refractivity contribution in [3.05, 3.63) is 42.2 Å². The predicted molar refractivity (Wildman–Crippen MR) is 119 cm³/mol. The van der Waals surface area contributed by atoms with Gasteiger partial charge in [-0.1, -0.05) is 62.4 Å². The second-order valence-corrected chi connectivity index (χ2v) is 8.11. The number of aromatic nitrogens is 2. The minimum atomic E-state index is 0.119. The molecule has 1 saturated heterocycles. The first-order chi connectivity index (χ1) is 14.2. The number of nitrogens with one attached hydrogen (secondary N) is 1. The number of aryl methyl sites for hydroxylation is 1. The Hall–Kier alpha value is -2.43. The average molecular weight is 395 g/mol. The molecule has 2 heterocycles. The minimum absolute atomic E-state index is 0.119. The monoisotopic (exact) mass is 394 g/mol. The van der Waals surface area contributed by atoms with E-state index < -0.39 is 0 Å². The smallest absolute Gasteiger partial charge is 0.225 e. The van der Waals surface area contributed by atoms with E-state index in [1.165, 1.54) is 31.2 Å². The molecule has 5 heteroatoms. The van der Waals surface area contributed by atoms with Crippen LogP contribution < -0.4 is 10.2 Å². The van der Waals surface area contributed by atoms with E-state index in [1.807, 2.05) is 12.4 Å². The van der Waals surface area contributed by atoms with Gasteiger partial charge in [0.2, 0.25) is 11.9 Å². The first-order valence-electron chi connectivity index (χ1n) is 11.1. The maximum atomic E-state index is 12.4.